The van der Waals surface area contributed by atoms with Crippen molar-refractivity contribution in [3.63, 3.8) is 0 Å². The van der Waals surface area contributed by atoms with Gasteiger partial charge in [0.2, 0.25) is 5.91 Å². The number of nitrogens with one attached hydrogen (secondary N) is 1. The summed E-state index contributed by atoms with van der Waals surface area (Å²) >= 11 is 6.13. The number of carbonyl (C=O) groups excluding carboxylic acids is 3. The summed E-state index contributed by atoms with van der Waals surface area (Å²) in [5, 5.41) is 3.57. The van der Waals surface area contributed by atoms with Crippen molar-refractivity contribution < 1.29 is 14.4 Å². The van der Waals surface area contributed by atoms with Crippen molar-refractivity contribution in [1.29, 1.82) is 0 Å². The molecule has 1 aliphatic carbocycles. The van der Waals surface area contributed by atoms with Crippen LogP contribution in [-0.4, -0.2) is 65.9 Å². The van der Waals surface area contributed by atoms with E-state index in [0.29, 0.717) is 31.0 Å². The summed E-state index contributed by atoms with van der Waals surface area (Å²) in [6, 6.07) is 5.49. The minimum atomic E-state index is -0.708. The van der Waals surface area contributed by atoms with Gasteiger partial charge in [0.05, 0.1) is 0 Å². The average Bonchev–Trinajstić information content (AvgIpc) is 3.27. The molecule has 0 bridgehead atoms. The maximum atomic E-state index is 12.7. The van der Waals surface area contributed by atoms with Crippen molar-refractivity contribution in [2.45, 2.75) is 44.6 Å². The molecule has 8 heteroatoms. The van der Waals surface area contributed by atoms with Gasteiger partial charge in [0.25, 0.3) is 5.91 Å². The molecule has 2 heterocycles. The fourth-order valence-corrected chi connectivity index (χ4v) is 4.85. The Labute approximate surface area is 176 Å². The van der Waals surface area contributed by atoms with Crippen LogP contribution in [0, 0.1) is 6.92 Å². The summed E-state index contributed by atoms with van der Waals surface area (Å²) in [6.07, 6.45) is 3.48. The molecule has 0 unspecified atom stereocenters. The fourth-order valence-electron chi connectivity index (χ4n) is 4.68. The number of benzene rings is 1. The minimum absolute atomic E-state index is 0.0135. The average molecular weight is 419 g/mol. The summed E-state index contributed by atoms with van der Waals surface area (Å²) in [6.45, 7) is 4.92. The quantitative estimate of drug-likeness (QED) is 0.762. The zero-order valence-electron chi connectivity index (χ0n) is 16.7. The molecule has 2 aliphatic heterocycles. The van der Waals surface area contributed by atoms with E-state index in [0.717, 1.165) is 37.2 Å². The minimum Gasteiger partial charge on any atom is -0.368 e. The molecule has 3 fully saturated rings. The van der Waals surface area contributed by atoms with Gasteiger partial charge in [0.1, 0.15) is 5.54 Å². The van der Waals surface area contributed by atoms with Crippen LogP contribution in [0.25, 0.3) is 0 Å². The molecule has 2 saturated heterocycles. The number of carbonyl (C=O) groups is 3. The second-order valence-corrected chi connectivity index (χ2v) is 8.66. The first-order valence-corrected chi connectivity index (χ1v) is 10.7. The smallest absolute Gasteiger partial charge is 0.325 e. The van der Waals surface area contributed by atoms with Crippen molar-refractivity contribution >= 4 is 35.1 Å². The van der Waals surface area contributed by atoms with E-state index in [1.54, 1.807) is 0 Å². The fraction of sp³-hybridized carbons (Fsp3) is 0.571. The zero-order chi connectivity index (χ0) is 20.6. The summed E-state index contributed by atoms with van der Waals surface area (Å²) in [5.41, 5.74) is 1.56. The van der Waals surface area contributed by atoms with Crippen LogP contribution >= 0.6 is 11.6 Å². The van der Waals surface area contributed by atoms with E-state index in [1.165, 1.54) is 4.90 Å². The lowest BCUT2D eigenvalue weighted by Gasteiger charge is -2.37. The van der Waals surface area contributed by atoms with Crippen LogP contribution in [0.3, 0.4) is 0 Å². The van der Waals surface area contributed by atoms with Crippen LogP contribution < -0.4 is 10.2 Å². The molecule has 29 heavy (non-hydrogen) atoms. The van der Waals surface area contributed by atoms with Gasteiger partial charge in [0, 0.05) is 49.9 Å². The lowest BCUT2D eigenvalue weighted by atomic mass is 9.98. The van der Waals surface area contributed by atoms with Gasteiger partial charge in [-0.25, -0.2) is 4.79 Å². The van der Waals surface area contributed by atoms with E-state index in [9.17, 15) is 14.4 Å². The Balaban J connectivity index is 1.30. The first-order chi connectivity index (χ1) is 13.9. The number of halogens is 1. The van der Waals surface area contributed by atoms with Crippen LogP contribution in [0.1, 0.15) is 37.7 Å². The van der Waals surface area contributed by atoms with Gasteiger partial charge < -0.3 is 15.1 Å². The highest BCUT2D eigenvalue weighted by atomic mass is 35.5. The molecule has 156 valence electrons. The number of rotatable bonds is 4. The molecule has 3 aliphatic rings. The van der Waals surface area contributed by atoms with Crippen LogP contribution in [0.2, 0.25) is 5.02 Å². The zero-order valence-corrected chi connectivity index (χ0v) is 17.5. The maximum Gasteiger partial charge on any atom is 0.325 e. The normalized spacial score (nSPS) is 21.2. The molecule has 4 rings (SSSR count). The standard InChI is InChI=1S/C21H27ClN4O3/c1-15-4-5-16(22)14-17(15)24-10-12-25(13-11-24)18(27)6-9-26-19(28)21(23-20(26)29)7-2-3-8-21/h4-5,14H,2-3,6-13H2,1H3,(H,23,29). The lowest BCUT2D eigenvalue weighted by molar-refractivity contribution is -0.133. The highest BCUT2D eigenvalue weighted by Gasteiger charge is 2.52. The molecule has 4 amide bonds. The van der Waals surface area contributed by atoms with Gasteiger partial charge in [-0.3, -0.25) is 14.5 Å². The Morgan fingerprint density at radius 3 is 2.52 bits per heavy atom. The number of imide groups is 1. The Kier molecular flexibility index (Phi) is 5.42. The molecule has 1 saturated carbocycles. The second-order valence-electron chi connectivity index (χ2n) is 8.22. The third kappa shape index (κ3) is 3.80. The number of anilines is 1. The van der Waals surface area contributed by atoms with Crippen LogP contribution in [0.4, 0.5) is 10.5 Å². The Bertz CT molecular complexity index is 829. The molecular weight excluding hydrogens is 392 g/mol. The maximum absolute atomic E-state index is 12.7. The molecule has 0 atom stereocenters. The Hall–Kier alpha value is -2.28. The van der Waals surface area contributed by atoms with Gasteiger partial charge in [-0.2, -0.15) is 0 Å². The van der Waals surface area contributed by atoms with Crippen LogP contribution in [-0.2, 0) is 9.59 Å². The number of piperazine rings is 1. The molecule has 0 radical (unpaired) electrons. The van der Waals surface area contributed by atoms with E-state index in [4.69, 9.17) is 11.6 Å². The van der Waals surface area contributed by atoms with Gasteiger partial charge in [0.15, 0.2) is 0 Å². The van der Waals surface area contributed by atoms with Gasteiger partial charge in [-0.1, -0.05) is 30.5 Å². The number of aryl methyl sites for hydroxylation is 1. The monoisotopic (exact) mass is 418 g/mol. The molecule has 7 nitrogen and oxygen atoms in total. The van der Waals surface area contributed by atoms with E-state index in [1.807, 2.05) is 23.1 Å². The van der Waals surface area contributed by atoms with E-state index >= 15 is 0 Å². The predicted molar refractivity (Wildman–Crippen MR) is 111 cm³/mol. The summed E-state index contributed by atoms with van der Waals surface area (Å²) in [4.78, 5) is 42.9. The Morgan fingerprint density at radius 1 is 1.14 bits per heavy atom. The topological polar surface area (TPSA) is 73.0 Å². The van der Waals surface area contributed by atoms with Crippen molar-refractivity contribution in [2.24, 2.45) is 0 Å². The third-order valence-corrected chi connectivity index (χ3v) is 6.63. The molecule has 0 aromatic heterocycles. The first-order valence-electron chi connectivity index (χ1n) is 10.3. The molecule has 1 aromatic carbocycles. The summed E-state index contributed by atoms with van der Waals surface area (Å²) in [5.74, 6) is -0.172. The summed E-state index contributed by atoms with van der Waals surface area (Å²) < 4.78 is 0. The van der Waals surface area contributed by atoms with Gasteiger partial charge in [-0.05, 0) is 37.5 Å². The third-order valence-electron chi connectivity index (χ3n) is 6.40. The molecule has 1 N–H and O–H groups in total. The van der Waals surface area contributed by atoms with E-state index < -0.39 is 5.54 Å². The van der Waals surface area contributed by atoms with Crippen molar-refractivity contribution in [3.8, 4) is 0 Å². The number of urea groups is 1. The number of hydrogen-bond acceptors (Lipinski definition) is 4. The van der Waals surface area contributed by atoms with Crippen molar-refractivity contribution in [3.05, 3.63) is 28.8 Å². The molecule has 1 spiro atoms. The number of nitrogens with zero attached hydrogens (tertiary/aromatic N) is 3. The van der Waals surface area contributed by atoms with Gasteiger partial charge in [-0.15, -0.1) is 0 Å². The van der Waals surface area contributed by atoms with Crippen LogP contribution in [0.5, 0.6) is 0 Å². The number of amides is 4. The second kappa shape index (κ2) is 7.86. The highest BCUT2D eigenvalue weighted by molar-refractivity contribution is 6.30. The summed E-state index contributed by atoms with van der Waals surface area (Å²) in [7, 11) is 0. The molecule has 1 aromatic rings. The highest BCUT2D eigenvalue weighted by Crippen LogP contribution is 2.35. The number of hydrogen-bond donors (Lipinski definition) is 1. The molecular formula is C21H27ClN4O3. The SMILES string of the molecule is Cc1ccc(Cl)cc1N1CCN(C(=O)CCN2C(=O)NC3(CCCC3)C2=O)CC1. The van der Waals surface area contributed by atoms with Crippen molar-refractivity contribution in [2.75, 3.05) is 37.6 Å². The van der Waals surface area contributed by atoms with Crippen molar-refractivity contribution in [1.82, 2.24) is 15.1 Å². The Morgan fingerprint density at radius 2 is 1.83 bits per heavy atom. The van der Waals surface area contributed by atoms with E-state index in [2.05, 4.69) is 17.1 Å². The lowest BCUT2D eigenvalue weighted by Crippen LogP contribution is -2.49. The first kappa shape index (κ1) is 20.0. The van der Waals surface area contributed by atoms with Crippen LogP contribution in [0.15, 0.2) is 18.2 Å². The predicted octanol–water partition coefficient (Wildman–Crippen LogP) is 2.55. The van der Waals surface area contributed by atoms with E-state index in [-0.39, 0.29) is 30.8 Å². The van der Waals surface area contributed by atoms with Gasteiger partial charge >= 0.3 is 6.03 Å². The largest absolute Gasteiger partial charge is 0.368 e.